The monoisotopic (exact) mass is 466 g/mol. The van der Waals surface area contributed by atoms with Gasteiger partial charge in [0.05, 0.1) is 29.1 Å². The number of rotatable bonds is 5. The van der Waals surface area contributed by atoms with Crippen LogP contribution in [0.5, 0.6) is 5.75 Å². The fourth-order valence-electron chi connectivity index (χ4n) is 5.03. The largest absolute Gasteiger partial charge is 0.490 e. The second-order valence-electron chi connectivity index (χ2n) is 9.36. The third kappa shape index (κ3) is 4.75. The third-order valence-corrected chi connectivity index (χ3v) is 7.27. The van der Waals surface area contributed by atoms with Crippen LogP contribution < -0.4 is 20.3 Å². The number of nitrogens with one attached hydrogen (secondary N) is 2. The van der Waals surface area contributed by atoms with Crippen molar-refractivity contribution < 1.29 is 9.53 Å². The molecule has 0 bridgehead atoms. The van der Waals surface area contributed by atoms with E-state index in [1.165, 1.54) is 6.42 Å². The molecule has 5 rings (SSSR count). The Hall–Kier alpha value is -2.89. The van der Waals surface area contributed by atoms with Gasteiger partial charge in [-0.25, -0.2) is 9.97 Å². The van der Waals surface area contributed by atoms with E-state index in [9.17, 15) is 4.79 Å². The molecule has 1 amide bonds. The molecule has 8 nitrogen and oxygen atoms in total. The SMILES string of the molecule is N#Cc1ccc(OC2CCC(NC(=O)c3cnc(N4CC5(CCNC5)C4)cn3)CC2)cc1Cl. The van der Waals surface area contributed by atoms with Crippen LogP contribution in [0.3, 0.4) is 0 Å². The first-order chi connectivity index (χ1) is 16.0. The van der Waals surface area contributed by atoms with Crippen LogP contribution in [0.15, 0.2) is 30.6 Å². The van der Waals surface area contributed by atoms with E-state index in [2.05, 4.69) is 25.5 Å². The molecule has 9 heteroatoms. The van der Waals surface area contributed by atoms with Crippen LogP contribution in [-0.4, -0.2) is 54.2 Å². The van der Waals surface area contributed by atoms with Crippen LogP contribution in [0.25, 0.3) is 0 Å². The number of nitriles is 1. The quantitative estimate of drug-likeness (QED) is 0.698. The molecular formula is C24H27ClN6O2. The van der Waals surface area contributed by atoms with Crippen LogP contribution in [0.2, 0.25) is 5.02 Å². The van der Waals surface area contributed by atoms with E-state index < -0.39 is 0 Å². The number of carbonyl (C=O) groups excluding carboxylic acids is 1. The van der Waals surface area contributed by atoms with Crippen LogP contribution in [0.1, 0.15) is 48.2 Å². The van der Waals surface area contributed by atoms with E-state index in [4.69, 9.17) is 21.6 Å². The van der Waals surface area contributed by atoms with Crippen molar-refractivity contribution >= 4 is 23.3 Å². The van der Waals surface area contributed by atoms with Gasteiger partial charge in [-0.1, -0.05) is 11.6 Å². The van der Waals surface area contributed by atoms with Crippen LogP contribution in [0, 0.1) is 16.7 Å². The van der Waals surface area contributed by atoms with Gasteiger partial charge in [0.1, 0.15) is 23.3 Å². The van der Waals surface area contributed by atoms with E-state index in [0.717, 1.165) is 57.7 Å². The van der Waals surface area contributed by atoms with Crippen molar-refractivity contribution in [1.82, 2.24) is 20.6 Å². The van der Waals surface area contributed by atoms with Crippen molar-refractivity contribution in [3.63, 3.8) is 0 Å². The molecule has 3 aliphatic rings. The fourth-order valence-corrected chi connectivity index (χ4v) is 5.24. The Morgan fingerprint density at radius 1 is 1.24 bits per heavy atom. The minimum Gasteiger partial charge on any atom is -0.490 e. The molecule has 33 heavy (non-hydrogen) atoms. The van der Waals surface area contributed by atoms with E-state index in [1.54, 1.807) is 30.6 Å². The highest BCUT2D eigenvalue weighted by Crippen LogP contribution is 2.38. The molecule has 1 spiro atoms. The molecule has 2 N–H and O–H groups in total. The standard InChI is InChI=1S/C24H27ClN6O2/c25-20-9-19(4-1-16(20)10-26)33-18-5-2-17(3-6-18)30-23(32)21-11-29-22(12-28-21)31-14-24(15-31)7-8-27-13-24/h1,4,9,11-12,17-18,27H,2-3,5-8,13-15H2,(H,30,32). The Bertz CT molecular complexity index is 1050. The predicted molar refractivity (Wildman–Crippen MR) is 124 cm³/mol. The van der Waals surface area contributed by atoms with Gasteiger partial charge in [0.2, 0.25) is 0 Å². The summed E-state index contributed by atoms with van der Waals surface area (Å²) in [5.41, 5.74) is 1.18. The number of halogens is 1. The summed E-state index contributed by atoms with van der Waals surface area (Å²) in [6.45, 7) is 4.17. The molecule has 3 heterocycles. The van der Waals surface area contributed by atoms with Crippen molar-refractivity contribution in [3.8, 4) is 11.8 Å². The Morgan fingerprint density at radius 2 is 2.06 bits per heavy atom. The van der Waals surface area contributed by atoms with Gasteiger partial charge in [-0.15, -0.1) is 0 Å². The first-order valence-corrected chi connectivity index (χ1v) is 11.9. The molecule has 2 saturated heterocycles. The van der Waals surface area contributed by atoms with Gasteiger partial charge in [-0.05, 0) is 50.8 Å². The van der Waals surface area contributed by atoms with E-state index in [-0.39, 0.29) is 18.1 Å². The average Bonchev–Trinajstić information content (AvgIpc) is 3.30. The zero-order chi connectivity index (χ0) is 22.8. The molecule has 1 saturated carbocycles. The molecule has 1 aliphatic carbocycles. The maximum Gasteiger partial charge on any atom is 0.271 e. The summed E-state index contributed by atoms with van der Waals surface area (Å²) >= 11 is 6.09. The van der Waals surface area contributed by atoms with Gasteiger partial charge >= 0.3 is 0 Å². The lowest BCUT2D eigenvalue weighted by molar-refractivity contribution is 0.0888. The second-order valence-corrected chi connectivity index (χ2v) is 9.77. The van der Waals surface area contributed by atoms with Crippen molar-refractivity contribution in [2.75, 3.05) is 31.1 Å². The Labute approximate surface area is 198 Å². The normalized spacial score (nSPS) is 23.6. The average molecular weight is 467 g/mol. The maximum atomic E-state index is 12.6. The summed E-state index contributed by atoms with van der Waals surface area (Å²) in [7, 11) is 0. The predicted octanol–water partition coefficient (Wildman–Crippen LogP) is 2.92. The Kier molecular flexibility index (Phi) is 6.09. The lowest BCUT2D eigenvalue weighted by atomic mass is 9.79. The second kappa shape index (κ2) is 9.16. The maximum absolute atomic E-state index is 12.6. The van der Waals surface area contributed by atoms with Crippen LogP contribution >= 0.6 is 11.6 Å². The first kappa shape index (κ1) is 21.9. The van der Waals surface area contributed by atoms with Crippen LogP contribution in [0.4, 0.5) is 5.82 Å². The Balaban J connectivity index is 1.08. The zero-order valence-electron chi connectivity index (χ0n) is 18.4. The van der Waals surface area contributed by atoms with Gasteiger partial charge in [0.25, 0.3) is 5.91 Å². The van der Waals surface area contributed by atoms with Crippen molar-refractivity contribution in [2.45, 2.75) is 44.2 Å². The number of nitrogens with zero attached hydrogens (tertiary/aromatic N) is 4. The highest BCUT2D eigenvalue weighted by atomic mass is 35.5. The minimum atomic E-state index is -0.183. The number of hydrogen-bond donors (Lipinski definition) is 2. The first-order valence-electron chi connectivity index (χ1n) is 11.5. The van der Waals surface area contributed by atoms with Crippen molar-refractivity contribution in [3.05, 3.63) is 46.9 Å². The van der Waals surface area contributed by atoms with E-state index in [0.29, 0.717) is 27.4 Å². The third-order valence-electron chi connectivity index (χ3n) is 6.95. The highest BCUT2D eigenvalue weighted by molar-refractivity contribution is 6.31. The van der Waals surface area contributed by atoms with Gasteiger partial charge in [0, 0.05) is 37.2 Å². The van der Waals surface area contributed by atoms with Gasteiger partial charge in [-0.2, -0.15) is 5.26 Å². The molecule has 2 aromatic rings. The zero-order valence-corrected chi connectivity index (χ0v) is 19.1. The molecule has 0 unspecified atom stereocenters. The highest BCUT2D eigenvalue weighted by Gasteiger charge is 2.45. The smallest absolute Gasteiger partial charge is 0.271 e. The van der Waals surface area contributed by atoms with Gasteiger partial charge < -0.3 is 20.3 Å². The molecule has 1 aromatic heterocycles. The van der Waals surface area contributed by atoms with E-state index in [1.807, 2.05) is 6.07 Å². The molecule has 172 valence electrons. The molecule has 1 aromatic carbocycles. The molecule has 0 atom stereocenters. The number of aromatic nitrogens is 2. The van der Waals surface area contributed by atoms with Gasteiger partial charge in [0.15, 0.2) is 0 Å². The summed E-state index contributed by atoms with van der Waals surface area (Å²) in [5, 5.41) is 15.9. The number of carbonyl (C=O) groups is 1. The minimum absolute atomic E-state index is 0.0658. The number of amides is 1. The lowest BCUT2D eigenvalue weighted by Crippen LogP contribution is -2.57. The lowest BCUT2D eigenvalue weighted by Gasteiger charge is -2.48. The Morgan fingerprint density at radius 3 is 2.70 bits per heavy atom. The number of benzene rings is 1. The number of hydrogen-bond acceptors (Lipinski definition) is 7. The summed E-state index contributed by atoms with van der Waals surface area (Å²) in [5.74, 6) is 1.32. The fraction of sp³-hybridized carbons (Fsp3) is 0.500. The van der Waals surface area contributed by atoms with E-state index >= 15 is 0 Å². The summed E-state index contributed by atoms with van der Waals surface area (Å²) in [6.07, 6.45) is 7.88. The molecule has 3 fully saturated rings. The molecule has 0 radical (unpaired) electrons. The number of ether oxygens (including phenoxy) is 1. The topological polar surface area (TPSA) is 103 Å². The molecule has 2 aliphatic heterocycles. The van der Waals surface area contributed by atoms with Gasteiger partial charge in [-0.3, -0.25) is 4.79 Å². The van der Waals surface area contributed by atoms with Crippen LogP contribution in [-0.2, 0) is 0 Å². The summed E-state index contributed by atoms with van der Waals surface area (Å²) < 4.78 is 6.02. The van der Waals surface area contributed by atoms with Crippen molar-refractivity contribution in [2.24, 2.45) is 5.41 Å². The summed E-state index contributed by atoms with van der Waals surface area (Å²) in [6, 6.07) is 7.26. The van der Waals surface area contributed by atoms with Crippen molar-refractivity contribution in [1.29, 1.82) is 5.26 Å². The number of anilines is 1. The molecular weight excluding hydrogens is 440 g/mol. The summed E-state index contributed by atoms with van der Waals surface area (Å²) in [4.78, 5) is 23.7.